The minimum atomic E-state index is -1.14. The van der Waals surface area contributed by atoms with Crippen molar-refractivity contribution in [3.05, 3.63) is 123 Å². The number of methoxy groups -OCH3 is 1. The van der Waals surface area contributed by atoms with E-state index in [1.807, 2.05) is 0 Å². The van der Waals surface area contributed by atoms with E-state index in [-0.39, 0.29) is 22.9 Å². The molecule has 0 spiro atoms. The number of carbonyl (C=O) groups excluding carboxylic acids is 4. The van der Waals surface area contributed by atoms with E-state index in [1.165, 1.54) is 19.2 Å². The predicted octanol–water partition coefficient (Wildman–Crippen LogP) is 4.63. The van der Waals surface area contributed by atoms with Crippen LogP contribution in [-0.2, 0) is 9.59 Å². The molecule has 2 fully saturated rings. The lowest BCUT2D eigenvalue weighted by Gasteiger charge is -2.33. The summed E-state index contributed by atoms with van der Waals surface area (Å²) < 4.78 is 5.34. The van der Waals surface area contributed by atoms with Gasteiger partial charge in [-0.25, -0.2) is 4.90 Å². The number of fused-ring (bicyclic) bond motifs is 3. The van der Waals surface area contributed by atoms with Crippen molar-refractivity contribution in [3.63, 3.8) is 0 Å². The SMILES string of the molecule is COc1ccc([N+](=O)[O-])cc1N1C(=O)[C@@H]2[C@H](C1=O)[C@@H]1C=C(C(=O)c3ccccc3)C=CN1[C@@H]2C(=O)c1ccc(Cl)cc1. The van der Waals surface area contributed by atoms with Crippen molar-refractivity contribution in [2.24, 2.45) is 11.8 Å². The number of nitro benzene ring substituents is 1. The summed E-state index contributed by atoms with van der Waals surface area (Å²) >= 11 is 6.03. The standard InChI is InChI=1S/C31H22ClN3O7/c1-42-24-12-11-21(35(40)41)16-22(24)34-30(38)25-23-15-19(28(36)17-5-3-2-4-6-17)13-14-33(23)27(26(25)31(34)39)29(37)18-7-9-20(32)10-8-18/h2-16,23,25-27H,1H3/t23-,25+,26+,27-/m0/s1. The summed E-state index contributed by atoms with van der Waals surface area (Å²) in [6, 6.07) is 16.5. The molecule has 2 amide bonds. The number of hydrogen-bond acceptors (Lipinski definition) is 8. The average molecular weight is 584 g/mol. The third-order valence-electron chi connectivity index (χ3n) is 7.86. The van der Waals surface area contributed by atoms with Gasteiger partial charge in [-0.3, -0.25) is 29.3 Å². The number of amides is 2. The Balaban J connectivity index is 1.46. The maximum Gasteiger partial charge on any atom is 0.271 e. The normalized spacial score (nSPS) is 22.5. The van der Waals surface area contributed by atoms with Gasteiger partial charge in [-0.2, -0.15) is 0 Å². The number of ether oxygens (including phenoxy) is 1. The van der Waals surface area contributed by atoms with Crippen LogP contribution >= 0.6 is 11.6 Å². The van der Waals surface area contributed by atoms with E-state index in [0.717, 1.165) is 11.0 Å². The summed E-state index contributed by atoms with van der Waals surface area (Å²) in [5.74, 6) is -4.13. The molecule has 0 aromatic heterocycles. The molecule has 0 saturated carbocycles. The molecule has 4 atom stereocenters. The number of nitrogens with zero attached hydrogens (tertiary/aromatic N) is 3. The fourth-order valence-electron chi connectivity index (χ4n) is 5.94. The van der Waals surface area contributed by atoms with E-state index in [0.29, 0.717) is 21.7 Å². The maximum atomic E-state index is 14.1. The molecule has 6 rings (SSSR count). The quantitative estimate of drug-likeness (QED) is 0.170. The lowest BCUT2D eigenvalue weighted by molar-refractivity contribution is -0.384. The lowest BCUT2D eigenvalue weighted by atomic mass is 9.85. The molecule has 210 valence electrons. The average Bonchev–Trinajstić information content (AvgIpc) is 3.48. The van der Waals surface area contributed by atoms with E-state index < -0.39 is 46.4 Å². The van der Waals surface area contributed by atoms with Gasteiger partial charge in [0, 0.05) is 40.1 Å². The van der Waals surface area contributed by atoms with Crippen molar-refractivity contribution in [2.75, 3.05) is 12.0 Å². The number of anilines is 1. The molecule has 0 N–H and O–H groups in total. The fourth-order valence-corrected chi connectivity index (χ4v) is 6.07. The van der Waals surface area contributed by atoms with Crippen molar-refractivity contribution in [1.82, 2.24) is 4.90 Å². The molecule has 42 heavy (non-hydrogen) atoms. The van der Waals surface area contributed by atoms with Crippen LogP contribution in [0.15, 0.2) is 96.7 Å². The Hall–Kier alpha value is -5.09. The van der Waals surface area contributed by atoms with Gasteiger partial charge >= 0.3 is 0 Å². The molecule has 3 aliphatic rings. The molecule has 10 nitrogen and oxygen atoms in total. The molecule has 0 radical (unpaired) electrons. The Morgan fingerprint density at radius 3 is 2.29 bits per heavy atom. The topological polar surface area (TPSA) is 127 Å². The zero-order chi connectivity index (χ0) is 29.7. The van der Waals surface area contributed by atoms with Crippen molar-refractivity contribution in [2.45, 2.75) is 12.1 Å². The Morgan fingerprint density at radius 1 is 0.929 bits per heavy atom. The van der Waals surface area contributed by atoms with Gasteiger partial charge in [0.1, 0.15) is 17.5 Å². The second-order valence-electron chi connectivity index (χ2n) is 10.1. The van der Waals surface area contributed by atoms with Crippen LogP contribution in [0.2, 0.25) is 5.02 Å². The summed E-state index contributed by atoms with van der Waals surface area (Å²) in [7, 11) is 1.32. The zero-order valence-electron chi connectivity index (χ0n) is 22.0. The molecular formula is C31H22ClN3O7. The summed E-state index contributed by atoms with van der Waals surface area (Å²) in [5.41, 5.74) is 0.625. The summed E-state index contributed by atoms with van der Waals surface area (Å²) in [6.45, 7) is 0. The largest absolute Gasteiger partial charge is 0.495 e. The van der Waals surface area contributed by atoms with E-state index in [1.54, 1.807) is 77.8 Å². The Labute approximate surface area is 244 Å². The summed E-state index contributed by atoms with van der Waals surface area (Å²) in [6.07, 6.45) is 4.77. The number of Topliss-reactive ketones (excluding diaryl/α,β-unsaturated/α-hetero) is 2. The third-order valence-corrected chi connectivity index (χ3v) is 8.11. The highest BCUT2D eigenvalue weighted by atomic mass is 35.5. The first-order valence-electron chi connectivity index (χ1n) is 13.0. The molecule has 3 heterocycles. The Bertz CT molecular complexity index is 1720. The first-order valence-corrected chi connectivity index (χ1v) is 13.4. The Morgan fingerprint density at radius 2 is 1.62 bits per heavy atom. The maximum absolute atomic E-state index is 14.1. The van der Waals surface area contributed by atoms with Crippen LogP contribution in [0.25, 0.3) is 0 Å². The first-order chi connectivity index (χ1) is 20.2. The van der Waals surface area contributed by atoms with Crippen LogP contribution in [0.3, 0.4) is 0 Å². The number of benzene rings is 3. The number of hydrogen-bond donors (Lipinski definition) is 0. The van der Waals surface area contributed by atoms with Crippen molar-refractivity contribution in [3.8, 4) is 5.75 Å². The highest BCUT2D eigenvalue weighted by Gasteiger charge is 2.64. The summed E-state index contributed by atoms with van der Waals surface area (Å²) in [5, 5.41) is 11.9. The monoisotopic (exact) mass is 583 g/mol. The number of non-ortho nitro benzene ring substituents is 1. The van der Waals surface area contributed by atoms with Gasteiger partial charge in [0.05, 0.1) is 29.9 Å². The number of carbonyl (C=O) groups is 4. The van der Waals surface area contributed by atoms with E-state index in [9.17, 15) is 29.3 Å². The van der Waals surface area contributed by atoms with Crippen LogP contribution in [0.1, 0.15) is 20.7 Å². The van der Waals surface area contributed by atoms with Gasteiger partial charge in [-0.15, -0.1) is 0 Å². The van der Waals surface area contributed by atoms with Crippen LogP contribution in [0, 0.1) is 22.0 Å². The van der Waals surface area contributed by atoms with Gasteiger partial charge in [0.15, 0.2) is 11.6 Å². The van der Waals surface area contributed by atoms with Crippen LogP contribution < -0.4 is 9.64 Å². The van der Waals surface area contributed by atoms with Gasteiger partial charge in [-0.05, 0) is 36.4 Å². The Kier molecular flexibility index (Phi) is 6.70. The molecule has 0 unspecified atom stereocenters. The van der Waals surface area contributed by atoms with E-state index >= 15 is 0 Å². The number of ketones is 2. The molecule has 3 aromatic carbocycles. The van der Waals surface area contributed by atoms with Gasteiger partial charge < -0.3 is 9.64 Å². The second kappa shape index (κ2) is 10.4. The van der Waals surface area contributed by atoms with Crippen LogP contribution in [0.4, 0.5) is 11.4 Å². The van der Waals surface area contributed by atoms with Crippen LogP contribution in [-0.4, -0.2) is 52.4 Å². The third kappa shape index (κ3) is 4.27. The first kappa shape index (κ1) is 27.1. The van der Waals surface area contributed by atoms with Gasteiger partial charge in [-0.1, -0.05) is 48.0 Å². The summed E-state index contributed by atoms with van der Waals surface area (Å²) in [4.78, 5) is 68.8. The minimum Gasteiger partial charge on any atom is -0.495 e. The van der Waals surface area contributed by atoms with E-state index in [2.05, 4.69) is 0 Å². The van der Waals surface area contributed by atoms with Gasteiger partial charge in [0.2, 0.25) is 11.8 Å². The van der Waals surface area contributed by atoms with Gasteiger partial charge in [0.25, 0.3) is 5.69 Å². The number of halogens is 1. The molecule has 11 heteroatoms. The predicted molar refractivity (Wildman–Crippen MR) is 152 cm³/mol. The minimum absolute atomic E-state index is 0.0822. The number of nitro groups is 1. The van der Waals surface area contributed by atoms with Crippen molar-refractivity contribution < 1.29 is 28.8 Å². The van der Waals surface area contributed by atoms with E-state index in [4.69, 9.17) is 16.3 Å². The highest BCUT2D eigenvalue weighted by molar-refractivity contribution is 6.30. The smallest absolute Gasteiger partial charge is 0.271 e. The molecule has 0 bridgehead atoms. The molecule has 2 saturated heterocycles. The zero-order valence-corrected chi connectivity index (χ0v) is 22.8. The highest BCUT2D eigenvalue weighted by Crippen LogP contribution is 2.49. The molecular weight excluding hydrogens is 562 g/mol. The fraction of sp³-hybridized carbons (Fsp3) is 0.161. The molecule has 0 aliphatic carbocycles. The van der Waals surface area contributed by atoms with Crippen molar-refractivity contribution >= 4 is 46.4 Å². The number of imide groups is 1. The number of allylic oxidation sites excluding steroid dienone is 2. The molecule has 3 aromatic rings. The number of rotatable bonds is 7. The molecule has 3 aliphatic heterocycles. The second-order valence-corrected chi connectivity index (χ2v) is 10.5. The van der Waals surface area contributed by atoms with Crippen LogP contribution in [0.5, 0.6) is 5.75 Å². The lowest BCUT2D eigenvalue weighted by Crippen LogP contribution is -2.46. The van der Waals surface area contributed by atoms with Crippen molar-refractivity contribution in [1.29, 1.82) is 0 Å².